The van der Waals surface area contributed by atoms with Crippen molar-refractivity contribution in [2.75, 3.05) is 19.8 Å². The van der Waals surface area contributed by atoms with Gasteiger partial charge < -0.3 is 10.1 Å². The summed E-state index contributed by atoms with van der Waals surface area (Å²) in [6.07, 6.45) is 4.83. The van der Waals surface area contributed by atoms with Crippen LogP contribution in [-0.2, 0) is 11.2 Å². The van der Waals surface area contributed by atoms with Gasteiger partial charge in [-0.25, -0.2) is 4.98 Å². The van der Waals surface area contributed by atoms with Gasteiger partial charge in [-0.1, -0.05) is 0 Å². The van der Waals surface area contributed by atoms with Gasteiger partial charge in [-0.05, 0) is 12.8 Å². The van der Waals surface area contributed by atoms with Gasteiger partial charge in [0, 0.05) is 25.6 Å². The molecule has 1 aliphatic rings. The number of ether oxygens (including phenoxy) is 1. The summed E-state index contributed by atoms with van der Waals surface area (Å²) >= 11 is 0. The molecule has 1 aliphatic heterocycles. The molecular formula is C9H16N4O. The zero-order chi connectivity index (χ0) is 9.64. The number of aromatic nitrogens is 3. The highest BCUT2D eigenvalue weighted by molar-refractivity contribution is 4.81. The molecule has 0 saturated carbocycles. The monoisotopic (exact) mass is 196 g/mol. The first-order chi connectivity index (χ1) is 6.95. The standard InChI is InChI=1S/C9H16N4O/c1-2-8(6-14-5-1)10-4-3-9-11-7-12-13-9/h7-8,10H,1-6H2,(H,11,12,13). The Kier molecular flexibility index (Phi) is 3.48. The second-order valence-corrected chi connectivity index (χ2v) is 3.55. The molecule has 78 valence electrons. The topological polar surface area (TPSA) is 62.8 Å². The van der Waals surface area contributed by atoms with Gasteiger partial charge in [0.15, 0.2) is 0 Å². The van der Waals surface area contributed by atoms with Gasteiger partial charge in [-0.3, -0.25) is 5.10 Å². The zero-order valence-electron chi connectivity index (χ0n) is 8.20. The molecule has 1 saturated heterocycles. The molecule has 2 rings (SSSR count). The minimum absolute atomic E-state index is 0.520. The van der Waals surface area contributed by atoms with Crippen molar-refractivity contribution in [3.8, 4) is 0 Å². The molecule has 2 N–H and O–H groups in total. The summed E-state index contributed by atoms with van der Waals surface area (Å²) in [7, 11) is 0. The molecule has 1 fully saturated rings. The normalized spacial score (nSPS) is 22.4. The summed E-state index contributed by atoms with van der Waals surface area (Å²) < 4.78 is 5.37. The maximum absolute atomic E-state index is 5.37. The lowest BCUT2D eigenvalue weighted by atomic mass is 10.1. The predicted octanol–water partition coefficient (Wildman–Crippen LogP) is 0.116. The Balaban J connectivity index is 1.62. The molecular weight excluding hydrogens is 180 g/mol. The van der Waals surface area contributed by atoms with Crippen LogP contribution in [-0.4, -0.2) is 41.0 Å². The third kappa shape index (κ3) is 2.78. The van der Waals surface area contributed by atoms with E-state index in [-0.39, 0.29) is 0 Å². The molecule has 0 radical (unpaired) electrons. The largest absolute Gasteiger partial charge is 0.380 e. The van der Waals surface area contributed by atoms with Crippen molar-refractivity contribution < 1.29 is 4.74 Å². The number of aromatic amines is 1. The Labute approximate surface area is 83.3 Å². The van der Waals surface area contributed by atoms with Crippen molar-refractivity contribution in [3.63, 3.8) is 0 Å². The molecule has 14 heavy (non-hydrogen) atoms. The number of hydrogen-bond acceptors (Lipinski definition) is 4. The molecule has 2 heterocycles. The van der Waals surface area contributed by atoms with Crippen LogP contribution >= 0.6 is 0 Å². The van der Waals surface area contributed by atoms with Crippen LogP contribution in [0, 0.1) is 0 Å². The summed E-state index contributed by atoms with van der Waals surface area (Å²) in [5.74, 6) is 0.939. The first-order valence-corrected chi connectivity index (χ1v) is 5.10. The average Bonchev–Trinajstić information content (AvgIpc) is 2.72. The van der Waals surface area contributed by atoms with Gasteiger partial charge in [-0.15, -0.1) is 0 Å². The van der Waals surface area contributed by atoms with Gasteiger partial charge in [0.05, 0.1) is 6.61 Å². The summed E-state index contributed by atoms with van der Waals surface area (Å²) in [6.45, 7) is 2.69. The Morgan fingerprint density at radius 1 is 1.64 bits per heavy atom. The number of H-pyrrole nitrogens is 1. The number of rotatable bonds is 4. The lowest BCUT2D eigenvalue weighted by Gasteiger charge is -2.22. The van der Waals surface area contributed by atoms with E-state index in [1.54, 1.807) is 6.33 Å². The average molecular weight is 196 g/mol. The fraction of sp³-hybridized carbons (Fsp3) is 0.778. The number of nitrogens with one attached hydrogen (secondary N) is 2. The van der Waals surface area contributed by atoms with E-state index in [4.69, 9.17) is 4.74 Å². The minimum atomic E-state index is 0.520. The summed E-state index contributed by atoms with van der Waals surface area (Å²) in [5, 5.41) is 10.1. The smallest absolute Gasteiger partial charge is 0.137 e. The maximum Gasteiger partial charge on any atom is 0.137 e. The van der Waals surface area contributed by atoms with Gasteiger partial charge in [0.1, 0.15) is 12.2 Å². The van der Waals surface area contributed by atoms with Crippen LogP contribution < -0.4 is 5.32 Å². The third-order valence-electron chi connectivity index (χ3n) is 2.42. The highest BCUT2D eigenvalue weighted by atomic mass is 16.5. The van der Waals surface area contributed by atoms with Crippen LogP contribution in [0.15, 0.2) is 6.33 Å². The van der Waals surface area contributed by atoms with E-state index in [1.165, 1.54) is 12.8 Å². The van der Waals surface area contributed by atoms with Crippen LogP contribution in [0.25, 0.3) is 0 Å². The molecule has 1 aromatic rings. The van der Waals surface area contributed by atoms with Crippen LogP contribution in [0.1, 0.15) is 18.7 Å². The van der Waals surface area contributed by atoms with Gasteiger partial charge in [0.2, 0.25) is 0 Å². The van der Waals surface area contributed by atoms with E-state index in [2.05, 4.69) is 20.5 Å². The highest BCUT2D eigenvalue weighted by Gasteiger charge is 2.12. The Hall–Kier alpha value is -0.940. The molecule has 1 aromatic heterocycles. The SMILES string of the molecule is c1n[nH]c(CCNC2CCCOC2)n1. The summed E-state index contributed by atoms with van der Waals surface area (Å²) in [6, 6.07) is 0.520. The molecule has 0 aromatic carbocycles. The zero-order valence-corrected chi connectivity index (χ0v) is 8.20. The fourth-order valence-electron chi connectivity index (χ4n) is 1.65. The second kappa shape index (κ2) is 5.07. The first kappa shape index (κ1) is 9.61. The Bertz CT molecular complexity index is 243. The molecule has 0 spiro atoms. The fourth-order valence-corrected chi connectivity index (χ4v) is 1.65. The molecule has 1 unspecified atom stereocenters. The Morgan fingerprint density at radius 3 is 3.36 bits per heavy atom. The molecule has 0 amide bonds. The van der Waals surface area contributed by atoms with Gasteiger partial charge in [-0.2, -0.15) is 5.10 Å². The van der Waals surface area contributed by atoms with Crippen molar-refractivity contribution in [2.24, 2.45) is 0 Å². The minimum Gasteiger partial charge on any atom is -0.380 e. The van der Waals surface area contributed by atoms with Crippen molar-refractivity contribution in [1.29, 1.82) is 0 Å². The van der Waals surface area contributed by atoms with Crippen molar-refractivity contribution in [1.82, 2.24) is 20.5 Å². The van der Waals surface area contributed by atoms with Crippen molar-refractivity contribution in [2.45, 2.75) is 25.3 Å². The lowest BCUT2D eigenvalue weighted by Crippen LogP contribution is -2.37. The van der Waals surface area contributed by atoms with Crippen LogP contribution in [0.3, 0.4) is 0 Å². The lowest BCUT2D eigenvalue weighted by molar-refractivity contribution is 0.0707. The molecule has 0 bridgehead atoms. The maximum atomic E-state index is 5.37. The van der Waals surface area contributed by atoms with Crippen LogP contribution in [0.4, 0.5) is 0 Å². The van der Waals surface area contributed by atoms with Gasteiger partial charge >= 0.3 is 0 Å². The Morgan fingerprint density at radius 2 is 2.64 bits per heavy atom. The third-order valence-corrected chi connectivity index (χ3v) is 2.42. The number of nitrogens with zero attached hydrogens (tertiary/aromatic N) is 2. The van der Waals surface area contributed by atoms with E-state index in [0.29, 0.717) is 6.04 Å². The van der Waals surface area contributed by atoms with Crippen molar-refractivity contribution in [3.05, 3.63) is 12.2 Å². The van der Waals surface area contributed by atoms with Crippen LogP contribution in [0.2, 0.25) is 0 Å². The van der Waals surface area contributed by atoms with E-state index in [1.807, 2.05) is 0 Å². The molecule has 5 nitrogen and oxygen atoms in total. The predicted molar refractivity (Wildman–Crippen MR) is 51.9 cm³/mol. The molecule has 5 heteroatoms. The second-order valence-electron chi connectivity index (χ2n) is 3.55. The van der Waals surface area contributed by atoms with Crippen molar-refractivity contribution >= 4 is 0 Å². The summed E-state index contributed by atoms with van der Waals surface area (Å²) in [5.41, 5.74) is 0. The van der Waals surface area contributed by atoms with E-state index >= 15 is 0 Å². The summed E-state index contributed by atoms with van der Waals surface area (Å²) in [4.78, 5) is 4.06. The number of hydrogen-bond donors (Lipinski definition) is 2. The quantitative estimate of drug-likeness (QED) is 0.717. The van der Waals surface area contributed by atoms with E-state index < -0.39 is 0 Å². The highest BCUT2D eigenvalue weighted by Crippen LogP contribution is 2.05. The van der Waals surface area contributed by atoms with E-state index in [0.717, 1.165) is 32.0 Å². The van der Waals surface area contributed by atoms with Gasteiger partial charge in [0.25, 0.3) is 0 Å². The first-order valence-electron chi connectivity index (χ1n) is 5.10. The van der Waals surface area contributed by atoms with Crippen LogP contribution in [0.5, 0.6) is 0 Å². The molecule has 0 aliphatic carbocycles. The van der Waals surface area contributed by atoms with E-state index in [9.17, 15) is 0 Å². The molecule has 1 atom stereocenters.